The Morgan fingerprint density at radius 2 is 1.94 bits per heavy atom. The Bertz CT molecular complexity index is 1090. The van der Waals surface area contributed by atoms with Crippen molar-refractivity contribution in [3.8, 4) is 11.3 Å². The second-order valence-electron chi connectivity index (χ2n) is 8.77. The van der Waals surface area contributed by atoms with Crippen LogP contribution in [-0.4, -0.2) is 53.9 Å². The molecule has 6 heteroatoms. The number of hydrogen-bond acceptors (Lipinski definition) is 5. The number of aryl methyl sites for hydroxylation is 1. The summed E-state index contributed by atoms with van der Waals surface area (Å²) in [5, 5.41) is 2.86. The highest BCUT2D eigenvalue weighted by Gasteiger charge is 2.24. The van der Waals surface area contributed by atoms with Crippen LogP contribution in [-0.2, 0) is 6.54 Å². The largest absolute Gasteiger partial charge is 0.397 e. The number of hydrogen-bond donors (Lipinski definition) is 2. The number of aromatic nitrogens is 1. The molecule has 0 aliphatic carbocycles. The van der Waals surface area contributed by atoms with E-state index in [0.717, 1.165) is 36.5 Å². The second-order valence-corrected chi connectivity index (χ2v) is 8.77. The molecule has 4 rings (SSSR count). The highest BCUT2D eigenvalue weighted by Crippen LogP contribution is 2.24. The van der Waals surface area contributed by atoms with Gasteiger partial charge in [0.15, 0.2) is 0 Å². The predicted molar refractivity (Wildman–Crippen MR) is 131 cm³/mol. The fraction of sp³-hybridized carbons (Fsp3) is 0.308. The number of pyridine rings is 1. The van der Waals surface area contributed by atoms with Crippen LogP contribution < -0.4 is 11.1 Å². The van der Waals surface area contributed by atoms with Gasteiger partial charge in [-0.2, -0.15) is 0 Å². The molecular weight excluding hydrogens is 398 g/mol. The van der Waals surface area contributed by atoms with E-state index in [1.807, 2.05) is 42.6 Å². The summed E-state index contributed by atoms with van der Waals surface area (Å²) in [5.74, 6) is -0.184. The second kappa shape index (κ2) is 9.51. The minimum atomic E-state index is -0.184. The van der Waals surface area contributed by atoms with Crippen molar-refractivity contribution in [1.82, 2.24) is 14.8 Å². The summed E-state index contributed by atoms with van der Waals surface area (Å²) < 4.78 is 0. The zero-order chi connectivity index (χ0) is 22.7. The lowest BCUT2D eigenvalue weighted by molar-refractivity contribution is 0.102. The molecule has 3 N–H and O–H groups in total. The lowest BCUT2D eigenvalue weighted by Gasteiger charge is -2.20. The zero-order valence-electron chi connectivity index (χ0n) is 19.0. The Morgan fingerprint density at radius 3 is 2.59 bits per heavy atom. The van der Waals surface area contributed by atoms with Crippen molar-refractivity contribution < 1.29 is 4.79 Å². The fourth-order valence-corrected chi connectivity index (χ4v) is 4.24. The van der Waals surface area contributed by atoms with Gasteiger partial charge in [0.25, 0.3) is 5.91 Å². The van der Waals surface area contributed by atoms with Crippen molar-refractivity contribution in [2.45, 2.75) is 25.9 Å². The van der Waals surface area contributed by atoms with Gasteiger partial charge in [0, 0.05) is 43.0 Å². The first-order valence-corrected chi connectivity index (χ1v) is 11.0. The number of amides is 1. The maximum absolute atomic E-state index is 12.6. The maximum Gasteiger partial charge on any atom is 0.255 e. The van der Waals surface area contributed by atoms with Crippen LogP contribution in [0.15, 0.2) is 60.8 Å². The lowest BCUT2D eigenvalue weighted by Crippen LogP contribution is -2.31. The van der Waals surface area contributed by atoms with Crippen molar-refractivity contribution in [1.29, 1.82) is 0 Å². The van der Waals surface area contributed by atoms with E-state index in [1.54, 1.807) is 12.1 Å². The number of para-hydroxylation sites is 2. The molecule has 1 aromatic heterocycles. The van der Waals surface area contributed by atoms with E-state index in [9.17, 15) is 4.79 Å². The van der Waals surface area contributed by atoms with Crippen LogP contribution >= 0.6 is 0 Å². The Labute approximate surface area is 190 Å². The average Bonchev–Trinajstić information content (AvgIpc) is 3.24. The molecule has 0 unspecified atom stereocenters. The van der Waals surface area contributed by atoms with E-state index >= 15 is 0 Å². The van der Waals surface area contributed by atoms with Gasteiger partial charge in [0.1, 0.15) is 0 Å². The summed E-state index contributed by atoms with van der Waals surface area (Å²) in [6, 6.07) is 17.6. The molecule has 3 aromatic rings. The lowest BCUT2D eigenvalue weighted by atomic mass is 10.0. The van der Waals surface area contributed by atoms with Gasteiger partial charge in [-0.3, -0.25) is 14.7 Å². The minimum Gasteiger partial charge on any atom is -0.397 e. The number of nitrogens with one attached hydrogen (secondary N) is 1. The van der Waals surface area contributed by atoms with Gasteiger partial charge in [0.05, 0.1) is 17.1 Å². The normalized spacial score (nSPS) is 16.4. The summed E-state index contributed by atoms with van der Waals surface area (Å²) >= 11 is 0. The number of benzene rings is 2. The van der Waals surface area contributed by atoms with Crippen molar-refractivity contribution in [2.75, 3.05) is 38.2 Å². The van der Waals surface area contributed by atoms with Crippen LogP contribution in [0.5, 0.6) is 0 Å². The van der Waals surface area contributed by atoms with Crippen LogP contribution in [0.25, 0.3) is 11.3 Å². The molecule has 2 heterocycles. The first-order chi connectivity index (χ1) is 15.4. The highest BCUT2D eigenvalue weighted by molar-refractivity contribution is 6.05. The SMILES string of the molecule is Cc1cc(CN2CC[C@H](N(C)C)C2)cnc1-c1ccc(C(=O)Nc2ccccc2N)cc1. The van der Waals surface area contributed by atoms with E-state index in [2.05, 4.69) is 42.2 Å². The average molecular weight is 430 g/mol. The number of likely N-dealkylation sites (tertiary alicyclic amines) is 1. The number of likely N-dealkylation sites (N-methyl/N-ethyl adjacent to an activating group) is 1. The highest BCUT2D eigenvalue weighted by atomic mass is 16.1. The minimum absolute atomic E-state index is 0.184. The number of anilines is 2. The standard InChI is InChI=1S/C26H31N5O/c1-18-14-19(16-31-13-12-22(17-31)30(2)3)15-28-25(18)20-8-10-21(11-9-20)26(32)29-24-7-5-4-6-23(24)27/h4-11,14-15,22H,12-13,16-17,27H2,1-3H3,(H,29,32)/t22-/m0/s1. The van der Waals surface area contributed by atoms with Crippen molar-refractivity contribution >= 4 is 17.3 Å². The van der Waals surface area contributed by atoms with E-state index in [1.165, 1.54) is 12.0 Å². The predicted octanol–water partition coefficient (Wildman–Crippen LogP) is 4.03. The summed E-state index contributed by atoms with van der Waals surface area (Å²) in [6.45, 7) is 5.26. The smallest absolute Gasteiger partial charge is 0.255 e. The first kappa shape index (κ1) is 22.0. The molecule has 0 radical (unpaired) electrons. The quantitative estimate of drug-likeness (QED) is 0.579. The number of nitrogen functional groups attached to an aromatic ring is 1. The number of nitrogens with two attached hydrogens (primary N) is 1. The number of carbonyl (C=O) groups is 1. The topological polar surface area (TPSA) is 74.5 Å². The van der Waals surface area contributed by atoms with Crippen LogP contribution in [0.3, 0.4) is 0 Å². The van der Waals surface area contributed by atoms with E-state index < -0.39 is 0 Å². The van der Waals surface area contributed by atoms with E-state index in [4.69, 9.17) is 10.7 Å². The number of nitrogens with zero attached hydrogens (tertiary/aromatic N) is 3. The third kappa shape index (κ3) is 4.98. The van der Waals surface area contributed by atoms with Crippen molar-refractivity contribution in [3.63, 3.8) is 0 Å². The Balaban J connectivity index is 1.42. The van der Waals surface area contributed by atoms with Crippen LogP contribution in [0.2, 0.25) is 0 Å². The number of carbonyl (C=O) groups excluding carboxylic acids is 1. The fourth-order valence-electron chi connectivity index (χ4n) is 4.24. The molecule has 6 nitrogen and oxygen atoms in total. The molecular formula is C26H31N5O. The molecule has 0 bridgehead atoms. The van der Waals surface area contributed by atoms with Gasteiger partial charge in [-0.25, -0.2) is 0 Å². The molecule has 1 atom stereocenters. The Kier molecular flexibility index (Phi) is 6.53. The summed E-state index contributed by atoms with van der Waals surface area (Å²) in [6.07, 6.45) is 3.19. The molecule has 32 heavy (non-hydrogen) atoms. The zero-order valence-corrected chi connectivity index (χ0v) is 19.0. The van der Waals surface area contributed by atoms with Gasteiger partial charge >= 0.3 is 0 Å². The summed E-state index contributed by atoms with van der Waals surface area (Å²) in [7, 11) is 4.31. The van der Waals surface area contributed by atoms with E-state index in [0.29, 0.717) is 23.0 Å². The number of rotatable bonds is 6. The van der Waals surface area contributed by atoms with Crippen molar-refractivity contribution in [2.24, 2.45) is 0 Å². The Hall–Kier alpha value is -3.22. The molecule has 1 aliphatic heterocycles. The monoisotopic (exact) mass is 429 g/mol. The molecule has 2 aromatic carbocycles. The van der Waals surface area contributed by atoms with Crippen LogP contribution in [0.4, 0.5) is 11.4 Å². The molecule has 1 amide bonds. The summed E-state index contributed by atoms with van der Waals surface area (Å²) in [5.41, 5.74) is 12.0. The van der Waals surface area contributed by atoms with Crippen molar-refractivity contribution in [3.05, 3.63) is 77.5 Å². The molecule has 1 aliphatic rings. The van der Waals surface area contributed by atoms with Crippen LogP contribution in [0, 0.1) is 6.92 Å². The van der Waals surface area contributed by atoms with E-state index in [-0.39, 0.29) is 5.91 Å². The maximum atomic E-state index is 12.6. The molecule has 0 spiro atoms. The van der Waals surface area contributed by atoms with Crippen LogP contribution in [0.1, 0.15) is 27.9 Å². The van der Waals surface area contributed by atoms with Gasteiger partial charge in [-0.1, -0.05) is 30.3 Å². The Morgan fingerprint density at radius 1 is 1.19 bits per heavy atom. The van der Waals surface area contributed by atoms with Gasteiger partial charge in [-0.15, -0.1) is 0 Å². The van der Waals surface area contributed by atoms with Gasteiger partial charge < -0.3 is 16.0 Å². The van der Waals surface area contributed by atoms with Gasteiger partial charge in [0.2, 0.25) is 0 Å². The molecule has 1 saturated heterocycles. The van der Waals surface area contributed by atoms with Gasteiger partial charge in [-0.05, 0) is 62.8 Å². The summed E-state index contributed by atoms with van der Waals surface area (Å²) in [4.78, 5) is 22.1. The third-order valence-electron chi connectivity index (χ3n) is 6.15. The molecule has 1 fully saturated rings. The third-order valence-corrected chi connectivity index (χ3v) is 6.15. The molecule has 166 valence electrons. The first-order valence-electron chi connectivity index (χ1n) is 11.0. The molecule has 0 saturated carbocycles.